The number of aromatic amines is 1. The first-order chi connectivity index (χ1) is 9.63. The third-order valence-corrected chi connectivity index (χ3v) is 4.04. The number of aromatic carboxylic acids is 1. The van der Waals surface area contributed by atoms with E-state index in [1.165, 1.54) is 6.07 Å². The Labute approximate surface area is 115 Å². The summed E-state index contributed by atoms with van der Waals surface area (Å²) in [6.45, 7) is 0. The second kappa shape index (κ2) is 4.79. The van der Waals surface area contributed by atoms with Crippen LogP contribution in [0.5, 0.6) is 0 Å². The number of methoxy groups -OCH3 is 1. The Morgan fingerprint density at radius 2 is 2.25 bits per heavy atom. The van der Waals surface area contributed by atoms with Crippen molar-refractivity contribution in [3.63, 3.8) is 0 Å². The molecule has 2 atom stereocenters. The van der Waals surface area contributed by atoms with Crippen LogP contribution in [0, 0.1) is 0 Å². The second-order valence-electron chi connectivity index (χ2n) is 5.08. The number of carbonyl (C=O) groups is 1. The molecule has 0 saturated heterocycles. The molecule has 0 amide bonds. The van der Waals surface area contributed by atoms with Crippen LogP contribution in [0.3, 0.4) is 0 Å². The zero-order chi connectivity index (χ0) is 14.3. The van der Waals surface area contributed by atoms with Crippen molar-refractivity contribution in [3.05, 3.63) is 34.2 Å². The minimum absolute atomic E-state index is 0.000171. The maximum atomic E-state index is 12.2. The molecule has 2 N–H and O–H groups in total. The molecule has 2 unspecified atom stereocenters. The Kier molecular flexibility index (Phi) is 3.10. The normalized spacial score (nSPS) is 22.4. The van der Waals surface area contributed by atoms with E-state index in [1.54, 1.807) is 23.8 Å². The van der Waals surface area contributed by atoms with Gasteiger partial charge in [-0.1, -0.05) is 6.07 Å². The van der Waals surface area contributed by atoms with Gasteiger partial charge in [0.2, 0.25) is 0 Å². The van der Waals surface area contributed by atoms with Crippen molar-refractivity contribution in [1.29, 1.82) is 0 Å². The lowest BCUT2D eigenvalue weighted by Crippen LogP contribution is -2.28. The van der Waals surface area contributed by atoms with Crippen molar-refractivity contribution < 1.29 is 14.6 Å². The van der Waals surface area contributed by atoms with E-state index in [2.05, 4.69) is 4.98 Å². The SMILES string of the molecule is COC1CCCC1n1c(=O)[nH]c2c(C(=O)O)cccc21. The van der Waals surface area contributed by atoms with Gasteiger partial charge in [-0.2, -0.15) is 0 Å². The summed E-state index contributed by atoms with van der Waals surface area (Å²) >= 11 is 0. The van der Waals surface area contributed by atoms with Crippen LogP contribution in [0.1, 0.15) is 35.7 Å². The summed E-state index contributed by atoms with van der Waals surface area (Å²) in [7, 11) is 1.64. The summed E-state index contributed by atoms with van der Waals surface area (Å²) in [4.78, 5) is 26.1. The lowest BCUT2D eigenvalue weighted by Gasteiger charge is -2.19. The summed E-state index contributed by atoms with van der Waals surface area (Å²) in [5.41, 5.74) is 0.851. The summed E-state index contributed by atoms with van der Waals surface area (Å²) in [5.74, 6) is -1.04. The van der Waals surface area contributed by atoms with Crippen LogP contribution in [-0.2, 0) is 4.74 Å². The Morgan fingerprint density at radius 3 is 2.95 bits per heavy atom. The molecule has 1 heterocycles. The molecule has 1 aromatic heterocycles. The fourth-order valence-corrected chi connectivity index (χ4v) is 3.13. The van der Waals surface area contributed by atoms with E-state index in [-0.39, 0.29) is 23.4 Å². The summed E-state index contributed by atoms with van der Waals surface area (Å²) < 4.78 is 7.08. The van der Waals surface area contributed by atoms with Gasteiger partial charge >= 0.3 is 11.7 Å². The van der Waals surface area contributed by atoms with E-state index >= 15 is 0 Å². The number of carboxylic acids is 1. The highest BCUT2D eigenvalue weighted by molar-refractivity contribution is 6.00. The van der Waals surface area contributed by atoms with Gasteiger partial charge in [-0.15, -0.1) is 0 Å². The number of hydrogen-bond donors (Lipinski definition) is 2. The fraction of sp³-hybridized carbons (Fsp3) is 0.429. The maximum Gasteiger partial charge on any atom is 0.337 e. The number of nitrogens with zero attached hydrogens (tertiary/aromatic N) is 1. The number of hydrogen-bond acceptors (Lipinski definition) is 3. The number of benzene rings is 1. The average Bonchev–Trinajstić information content (AvgIpc) is 2.99. The molecule has 0 spiro atoms. The molecule has 1 saturated carbocycles. The average molecular weight is 276 g/mol. The van der Waals surface area contributed by atoms with Crippen molar-refractivity contribution >= 4 is 17.0 Å². The number of H-pyrrole nitrogens is 1. The molecule has 0 radical (unpaired) electrons. The van der Waals surface area contributed by atoms with E-state index in [0.29, 0.717) is 11.0 Å². The monoisotopic (exact) mass is 276 g/mol. The third-order valence-electron chi connectivity index (χ3n) is 4.04. The van der Waals surface area contributed by atoms with Gasteiger partial charge in [0, 0.05) is 7.11 Å². The molecule has 20 heavy (non-hydrogen) atoms. The van der Waals surface area contributed by atoms with Crippen LogP contribution in [0.25, 0.3) is 11.0 Å². The van der Waals surface area contributed by atoms with E-state index in [0.717, 1.165) is 19.3 Å². The van der Waals surface area contributed by atoms with E-state index in [4.69, 9.17) is 4.74 Å². The highest BCUT2D eigenvalue weighted by atomic mass is 16.5. The summed E-state index contributed by atoms with van der Waals surface area (Å²) in [5, 5.41) is 9.19. The van der Waals surface area contributed by atoms with Crippen LogP contribution in [-0.4, -0.2) is 33.8 Å². The van der Waals surface area contributed by atoms with E-state index < -0.39 is 5.97 Å². The lowest BCUT2D eigenvalue weighted by atomic mass is 10.1. The molecular formula is C14H16N2O4. The first-order valence-electron chi connectivity index (χ1n) is 6.63. The quantitative estimate of drug-likeness (QED) is 0.894. The number of imidazole rings is 1. The van der Waals surface area contributed by atoms with Gasteiger partial charge < -0.3 is 14.8 Å². The largest absolute Gasteiger partial charge is 0.478 e. The van der Waals surface area contributed by atoms with Gasteiger partial charge in [0.15, 0.2) is 0 Å². The minimum atomic E-state index is -1.04. The predicted molar refractivity (Wildman–Crippen MR) is 73.2 cm³/mol. The van der Waals surface area contributed by atoms with Crippen molar-refractivity contribution in [2.45, 2.75) is 31.4 Å². The predicted octanol–water partition coefficient (Wildman–Crippen LogP) is 1.77. The Bertz CT molecular complexity index is 716. The third kappa shape index (κ3) is 1.84. The first kappa shape index (κ1) is 12.9. The van der Waals surface area contributed by atoms with E-state index in [1.807, 2.05) is 0 Å². The van der Waals surface area contributed by atoms with Crippen molar-refractivity contribution in [2.24, 2.45) is 0 Å². The number of para-hydroxylation sites is 1. The molecule has 6 nitrogen and oxygen atoms in total. The Morgan fingerprint density at radius 1 is 1.45 bits per heavy atom. The summed E-state index contributed by atoms with van der Waals surface area (Å²) in [6, 6.07) is 4.88. The number of aromatic nitrogens is 2. The van der Waals surface area contributed by atoms with Gasteiger partial charge in [-0.25, -0.2) is 9.59 Å². The van der Waals surface area contributed by atoms with Gasteiger partial charge in [0.05, 0.1) is 28.7 Å². The lowest BCUT2D eigenvalue weighted by molar-refractivity contribution is 0.0699. The number of fused-ring (bicyclic) bond motifs is 1. The number of ether oxygens (including phenoxy) is 1. The van der Waals surface area contributed by atoms with Gasteiger partial charge in [-0.05, 0) is 31.4 Å². The second-order valence-corrected chi connectivity index (χ2v) is 5.08. The first-order valence-corrected chi connectivity index (χ1v) is 6.63. The molecule has 1 fully saturated rings. The molecule has 0 bridgehead atoms. The molecule has 3 rings (SSSR count). The number of rotatable bonds is 3. The van der Waals surface area contributed by atoms with Crippen LogP contribution < -0.4 is 5.69 Å². The molecule has 6 heteroatoms. The summed E-state index contributed by atoms with van der Waals surface area (Å²) in [6.07, 6.45) is 2.78. The highest BCUT2D eigenvalue weighted by Gasteiger charge is 2.31. The maximum absolute atomic E-state index is 12.2. The molecule has 1 aliphatic carbocycles. The molecular weight excluding hydrogens is 260 g/mol. The molecule has 1 aromatic carbocycles. The zero-order valence-corrected chi connectivity index (χ0v) is 11.1. The zero-order valence-electron chi connectivity index (χ0n) is 11.1. The topological polar surface area (TPSA) is 84.3 Å². The molecule has 106 valence electrons. The molecule has 2 aromatic rings. The Hall–Kier alpha value is -2.08. The smallest absolute Gasteiger partial charge is 0.337 e. The fourth-order valence-electron chi connectivity index (χ4n) is 3.13. The number of nitrogens with one attached hydrogen (secondary N) is 1. The van der Waals surface area contributed by atoms with Crippen LogP contribution in [0.2, 0.25) is 0 Å². The minimum Gasteiger partial charge on any atom is -0.478 e. The van der Waals surface area contributed by atoms with Crippen molar-refractivity contribution in [1.82, 2.24) is 9.55 Å². The van der Waals surface area contributed by atoms with Gasteiger partial charge in [0.1, 0.15) is 0 Å². The van der Waals surface area contributed by atoms with Crippen molar-refractivity contribution in [2.75, 3.05) is 7.11 Å². The van der Waals surface area contributed by atoms with Crippen LogP contribution in [0.15, 0.2) is 23.0 Å². The standard InChI is InChI=1S/C14H16N2O4/c1-20-11-7-3-5-9(11)16-10-6-2-4-8(13(17)18)12(10)15-14(16)19/h2,4,6,9,11H,3,5,7H2,1H3,(H,15,19)(H,17,18). The van der Waals surface area contributed by atoms with Gasteiger partial charge in [0.25, 0.3) is 0 Å². The number of carboxylic acid groups (broad SMARTS) is 1. The van der Waals surface area contributed by atoms with Crippen LogP contribution in [0.4, 0.5) is 0 Å². The van der Waals surface area contributed by atoms with Crippen molar-refractivity contribution in [3.8, 4) is 0 Å². The van der Waals surface area contributed by atoms with Gasteiger partial charge in [-0.3, -0.25) is 4.57 Å². The Balaban J connectivity index is 2.22. The molecule has 1 aliphatic rings. The van der Waals surface area contributed by atoms with E-state index in [9.17, 15) is 14.7 Å². The van der Waals surface area contributed by atoms with Crippen LogP contribution >= 0.6 is 0 Å². The molecule has 0 aliphatic heterocycles. The highest BCUT2D eigenvalue weighted by Crippen LogP contribution is 2.33.